The molecule has 0 unspecified atom stereocenters. The molecule has 2 amide bonds. The first-order valence-corrected chi connectivity index (χ1v) is 9.68. The van der Waals surface area contributed by atoms with Crippen molar-refractivity contribution in [3.8, 4) is 11.5 Å². The second-order valence-corrected chi connectivity index (χ2v) is 7.56. The third-order valence-electron chi connectivity index (χ3n) is 4.05. The molecule has 5 nitrogen and oxygen atoms in total. The van der Waals surface area contributed by atoms with Crippen molar-refractivity contribution >= 4 is 37.9 Å². The van der Waals surface area contributed by atoms with E-state index in [2.05, 4.69) is 42.5 Å². The standard InChI is InChI=1S/C19H22Br2N2O3/c1-11(13-5-7-17(25-3)15(20)9-13)22-19(24)23-12(2)14-6-8-18(26-4)16(21)10-14/h5-12H,1-4H3,(H2,22,23,24)/t11-,12-/m1/s1. The lowest BCUT2D eigenvalue weighted by Crippen LogP contribution is -2.38. The molecule has 0 saturated carbocycles. The number of carbonyl (C=O) groups excluding carboxylic acids is 1. The van der Waals surface area contributed by atoms with Crippen LogP contribution in [0.3, 0.4) is 0 Å². The van der Waals surface area contributed by atoms with Crippen LogP contribution in [0.1, 0.15) is 37.1 Å². The van der Waals surface area contributed by atoms with Crippen LogP contribution in [0.25, 0.3) is 0 Å². The van der Waals surface area contributed by atoms with Crippen molar-refractivity contribution in [3.05, 3.63) is 56.5 Å². The normalized spacial score (nSPS) is 12.8. The van der Waals surface area contributed by atoms with Gasteiger partial charge in [-0.1, -0.05) is 12.1 Å². The summed E-state index contributed by atoms with van der Waals surface area (Å²) in [5, 5.41) is 5.90. The molecule has 2 rings (SSSR count). The number of rotatable bonds is 6. The zero-order valence-corrected chi connectivity index (χ0v) is 18.3. The number of urea groups is 1. The number of hydrogen-bond donors (Lipinski definition) is 2. The summed E-state index contributed by atoms with van der Waals surface area (Å²) in [7, 11) is 3.24. The number of nitrogens with one attached hydrogen (secondary N) is 2. The summed E-state index contributed by atoms with van der Waals surface area (Å²) in [5.74, 6) is 1.51. The van der Waals surface area contributed by atoms with Crippen molar-refractivity contribution in [1.29, 1.82) is 0 Å². The summed E-state index contributed by atoms with van der Waals surface area (Å²) < 4.78 is 12.2. The van der Waals surface area contributed by atoms with Gasteiger partial charge in [0.15, 0.2) is 0 Å². The number of carbonyl (C=O) groups is 1. The molecule has 2 aromatic rings. The van der Waals surface area contributed by atoms with E-state index in [0.717, 1.165) is 31.6 Å². The molecule has 2 atom stereocenters. The summed E-state index contributed by atoms with van der Waals surface area (Å²) in [6.07, 6.45) is 0. The van der Waals surface area contributed by atoms with E-state index in [-0.39, 0.29) is 18.1 Å². The average molecular weight is 486 g/mol. The van der Waals surface area contributed by atoms with Gasteiger partial charge in [0.05, 0.1) is 35.2 Å². The topological polar surface area (TPSA) is 59.6 Å². The van der Waals surface area contributed by atoms with E-state index in [9.17, 15) is 4.79 Å². The lowest BCUT2D eigenvalue weighted by atomic mass is 10.1. The molecule has 7 heteroatoms. The zero-order chi connectivity index (χ0) is 19.3. The minimum atomic E-state index is -0.233. The van der Waals surface area contributed by atoms with Crippen LogP contribution in [0.5, 0.6) is 11.5 Å². The highest BCUT2D eigenvalue weighted by atomic mass is 79.9. The fourth-order valence-electron chi connectivity index (χ4n) is 2.51. The number of methoxy groups -OCH3 is 2. The van der Waals surface area contributed by atoms with E-state index < -0.39 is 0 Å². The minimum Gasteiger partial charge on any atom is -0.496 e. The van der Waals surface area contributed by atoms with Crippen LogP contribution in [0.2, 0.25) is 0 Å². The molecule has 0 fully saturated rings. The van der Waals surface area contributed by atoms with Gasteiger partial charge in [-0.3, -0.25) is 0 Å². The van der Waals surface area contributed by atoms with Gasteiger partial charge < -0.3 is 20.1 Å². The SMILES string of the molecule is COc1ccc([C@@H](C)NC(=O)N[C@H](C)c2ccc(OC)c(Br)c2)cc1Br. The van der Waals surface area contributed by atoms with Gasteiger partial charge in [0.1, 0.15) is 11.5 Å². The quantitative estimate of drug-likeness (QED) is 0.579. The van der Waals surface area contributed by atoms with Crippen molar-refractivity contribution in [1.82, 2.24) is 10.6 Å². The summed E-state index contributed by atoms with van der Waals surface area (Å²) in [4.78, 5) is 12.3. The average Bonchev–Trinajstić information content (AvgIpc) is 2.61. The fraction of sp³-hybridized carbons (Fsp3) is 0.316. The van der Waals surface area contributed by atoms with Gasteiger partial charge >= 0.3 is 6.03 Å². The van der Waals surface area contributed by atoms with Crippen LogP contribution in [0, 0.1) is 0 Å². The molecule has 140 valence electrons. The summed E-state index contributed by atoms with van der Waals surface area (Å²) in [6.45, 7) is 3.87. The second-order valence-electron chi connectivity index (χ2n) is 5.85. The van der Waals surface area contributed by atoms with Gasteiger partial charge in [0.25, 0.3) is 0 Å². The molecule has 0 heterocycles. The van der Waals surface area contributed by atoms with E-state index in [1.165, 1.54) is 0 Å². The smallest absolute Gasteiger partial charge is 0.315 e. The van der Waals surface area contributed by atoms with Crippen LogP contribution in [0.4, 0.5) is 4.79 Å². The maximum absolute atomic E-state index is 12.3. The number of benzene rings is 2. The maximum atomic E-state index is 12.3. The number of halogens is 2. The minimum absolute atomic E-state index is 0.146. The van der Waals surface area contributed by atoms with Gasteiger partial charge in [-0.25, -0.2) is 4.79 Å². The van der Waals surface area contributed by atoms with Crippen molar-refractivity contribution in [3.63, 3.8) is 0 Å². The predicted octanol–water partition coefficient (Wildman–Crippen LogP) is 5.35. The first kappa shape index (κ1) is 20.6. The highest BCUT2D eigenvalue weighted by molar-refractivity contribution is 9.10. The molecule has 0 aliphatic rings. The Hall–Kier alpha value is -1.73. The first-order chi connectivity index (χ1) is 12.3. The van der Waals surface area contributed by atoms with E-state index in [0.29, 0.717) is 0 Å². The Morgan fingerprint density at radius 2 is 1.23 bits per heavy atom. The third kappa shape index (κ3) is 5.14. The van der Waals surface area contributed by atoms with E-state index >= 15 is 0 Å². The molecule has 0 saturated heterocycles. The maximum Gasteiger partial charge on any atom is 0.315 e. The second kappa shape index (κ2) is 9.28. The van der Waals surface area contributed by atoms with Crippen LogP contribution >= 0.6 is 31.9 Å². The largest absolute Gasteiger partial charge is 0.496 e. The third-order valence-corrected chi connectivity index (χ3v) is 5.29. The predicted molar refractivity (Wildman–Crippen MR) is 110 cm³/mol. The zero-order valence-electron chi connectivity index (χ0n) is 15.1. The number of hydrogen-bond acceptors (Lipinski definition) is 3. The van der Waals surface area contributed by atoms with E-state index in [1.54, 1.807) is 14.2 Å². The molecule has 0 aliphatic heterocycles. The van der Waals surface area contributed by atoms with Gasteiger partial charge in [0.2, 0.25) is 0 Å². The monoisotopic (exact) mass is 484 g/mol. The van der Waals surface area contributed by atoms with Crippen LogP contribution in [-0.4, -0.2) is 20.3 Å². The van der Waals surface area contributed by atoms with Crippen LogP contribution < -0.4 is 20.1 Å². The molecule has 2 aromatic carbocycles. The number of ether oxygens (including phenoxy) is 2. The van der Waals surface area contributed by atoms with Crippen molar-refractivity contribution < 1.29 is 14.3 Å². The Morgan fingerprint density at radius 1 is 0.846 bits per heavy atom. The molecule has 2 N–H and O–H groups in total. The summed E-state index contributed by atoms with van der Waals surface area (Å²) in [5.41, 5.74) is 1.96. The highest BCUT2D eigenvalue weighted by Gasteiger charge is 2.15. The van der Waals surface area contributed by atoms with Gasteiger partial charge in [0, 0.05) is 0 Å². The van der Waals surface area contributed by atoms with E-state index in [1.807, 2.05) is 50.2 Å². The summed E-state index contributed by atoms with van der Waals surface area (Å²) >= 11 is 6.93. The molecule has 0 aliphatic carbocycles. The highest BCUT2D eigenvalue weighted by Crippen LogP contribution is 2.29. The molecule has 26 heavy (non-hydrogen) atoms. The van der Waals surface area contributed by atoms with E-state index in [4.69, 9.17) is 9.47 Å². The lowest BCUT2D eigenvalue weighted by Gasteiger charge is -2.20. The lowest BCUT2D eigenvalue weighted by molar-refractivity contribution is 0.235. The first-order valence-electron chi connectivity index (χ1n) is 8.09. The molecular formula is C19H22Br2N2O3. The Bertz CT molecular complexity index is 720. The van der Waals surface area contributed by atoms with Crippen molar-refractivity contribution in [2.24, 2.45) is 0 Å². The van der Waals surface area contributed by atoms with Gasteiger partial charge in [-0.15, -0.1) is 0 Å². The molecule has 0 aromatic heterocycles. The Balaban J connectivity index is 1.99. The molecule has 0 radical (unpaired) electrons. The van der Waals surface area contributed by atoms with Crippen molar-refractivity contribution in [2.45, 2.75) is 25.9 Å². The van der Waals surface area contributed by atoms with Crippen LogP contribution in [0.15, 0.2) is 45.3 Å². The van der Waals surface area contributed by atoms with Gasteiger partial charge in [-0.05, 0) is 81.1 Å². The Morgan fingerprint density at radius 3 is 1.54 bits per heavy atom. The fourth-order valence-corrected chi connectivity index (χ4v) is 3.62. The Labute approximate surface area is 170 Å². The number of amides is 2. The van der Waals surface area contributed by atoms with Crippen LogP contribution in [-0.2, 0) is 0 Å². The van der Waals surface area contributed by atoms with Crippen molar-refractivity contribution in [2.75, 3.05) is 14.2 Å². The Kier molecular flexibility index (Phi) is 7.34. The summed E-state index contributed by atoms with van der Waals surface area (Å²) in [6, 6.07) is 10.9. The molecule has 0 spiro atoms. The van der Waals surface area contributed by atoms with Gasteiger partial charge in [-0.2, -0.15) is 0 Å². The molecule has 0 bridgehead atoms. The molecular weight excluding hydrogens is 464 g/mol.